The van der Waals surface area contributed by atoms with Gasteiger partial charge in [0.25, 0.3) is 0 Å². The van der Waals surface area contributed by atoms with Gasteiger partial charge in [-0.2, -0.15) is 0 Å². The molecule has 0 saturated carbocycles. The summed E-state index contributed by atoms with van der Waals surface area (Å²) >= 11 is 0. The molecule has 290 valence electrons. The smallest absolute Gasteiger partial charge is 0.000708 e. The highest BCUT2D eigenvalue weighted by Gasteiger charge is 2.27. The molecule has 0 aliphatic heterocycles. The van der Waals surface area contributed by atoms with Crippen molar-refractivity contribution in [2.45, 2.75) is 13.8 Å². The van der Waals surface area contributed by atoms with Crippen LogP contribution < -0.4 is 0 Å². The van der Waals surface area contributed by atoms with Crippen LogP contribution in [0.15, 0.2) is 218 Å². The third kappa shape index (κ3) is 5.68. The van der Waals surface area contributed by atoms with E-state index in [2.05, 4.69) is 232 Å². The highest BCUT2D eigenvalue weighted by Crippen LogP contribution is 2.55. The van der Waals surface area contributed by atoms with Gasteiger partial charge in [0.05, 0.1) is 0 Å². The molecule has 0 aromatic heterocycles. The molecule has 0 spiro atoms. The van der Waals surface area contributed by atoms with Crippen LogP contribution in [-0.2, 0) is 0 Å². The predicted molar refractivity (Wildman–Crippen MR) is 268 cm³/mol. The quantitative estimate of drug-likeness (QED) is 0.120. The van der Waals surface area contributed by atoms with Crippen LogP contribution in [0.3, 0.4) is 0 Å². The topological polar surface area (TPSA) is 0 Å². The second kappa shape index (κ2) is 14.4. The largest absolute Gasteiger partial charge is 0.0622 e. The minimum absolute atomic E-state index is 1.21. The molecule has 0 aliphatic carbocycles. The van der Waals surface area contributed by atoms with Gasteiger partial charge in [-0.15, -0.1) is 0 Å². The molecule has 12 aromatic rings. The zero-order valence-corrected chi connectivity index (χ0v) is 34.8. The van der Waals surface area contributed by atoms with Gasteiger partial charge in [0.1, 0.15) is 0 Å². The Labute approximate surface area is 362 Å². The lowest BCUT2D eigenvalue weighted by Crippen LogP contribution is -1.98. The molecule has 12 aromatic carbocycles. The van der Waals surface area contributed by atoms with Gasteiger partial charge in [-0.05, 0) is 152 Å². The van der Waals surface area contributed by atoms with Crippen LogP contribution >= 0.6 is 0 Å². The van der Waals surface area contributed by atoms with Crippen LogP contribution in [-0.4, -0.2) is 0 Å². The van der Waals surface area contributed by atoms with Gasteiger partial charge in [-0.3, -0.25) is 0 Å². The predicted octanol–water partition coefficient (Wildman–Crippen LogP) is 17.6. The molecule has 0 heterocycles. The summed E-state index contributed by atoms with van der Waals surface area (Å²) in [4.78, 5) is 0. The van der Waals surface area contributed by atoms with Crippen molar-refractivity contribution in [3.05, 3.63) is 230 Å². The Bertz CT molecular complexity index is 3700. The Morgan fingerprint density at radius 2 is 0.581 bits per heavy atom. The maximum Gasteiger partial charge on any atom is -0.000708 e. The van der Waals surface area contributed by atoms with E-state index in [4.69, 9.17) is 0 Å². The number of hydrogen-bond acceptors (Lipinski definition) is 0. The molecule has 0 amide bonds. The van der Waals surface area contributed by atoms with Gasteiger partial charge in [0, 0.05) is 0 Å². The van der Waals surface area contributed by atoms with Crippen molar-refractivity contribution in [3.8, 4) is 55.6 Å². The Morgan fingerprint density at radius 1 is 0.210 bits per heavy atom. The average Bonchev–Trinajstić information content (AvgIpc) is 3.34. The van der Waals surface area contributed by atoms with E-state index >= 15 is 0 Å². The molecule has 0 aliphatic rings. The van der Waals surface area contributed by atoms with E-state index in [0.29, 0.717) is 0 Å². The minimum atomic E-state index is 1.21. The first-order valence-electron chi connectivity index (χ1n) is 21.7. The molecule has 0 fully saturated rings. The van der Waals surface area contributed by atoms with E-state index in [1.54, 1.807) is 0 Å². The van der Waals surface area contributed by atoms with E-state index in [0.717, 1.165) is 0 Å². The third-order valence-corrected chi connectivity index (χ3v) is 13.1. The Hall–Kier alpha value is -7.80. The fourth-order valence-corrected chi connectivity index (χ4v) is 10.4. The number of hydrogen-bond donors (Lipinski definition) is 0. The van der Waals surface area contributed by atoms with Crippen LogP contribution in [0.25, 0.3) is 120 Å². The lowest BCUT2D eigenvalue weighted by molar-refractivity contribution is 1.50. The molecular weight excluding hydrogens is 745 g/mol. The molecule has 0 heteroatoms. The maximum atomic E-state index is 2.47. The van der Waals surface area contributed by atoms with Crippen LogP contribution in [0.5, 0.6) is 0 Å². The van der Waals surface area contributed by atoms with E-state index in [1.807, 2.05) is 0 Å². The molecule has 0 unspecified atom stereocenters. The van der Waals surface area contributed by atoms with Gasteiger partial charge in [-0.1, -0.05) is 212 Å². The zero-order chi connectivity index (χ0) is 41.3. The number of fused-ring (bicyclic) bond motifs is 12. The van der Waals surface area contributed by atoms with Crippen molar-refractivity contribution in [1.29, 1.82) is 0 Å². The summed E-state index contributed by atoms with van der Waals surface area (Å²) in [5.41, 5.74) is 14.8. The van der Waals surface area contributed by atoms with Crippen LogP contribution in [0.2, 0.25) is 0 Å². The van der Waals surface area contributed by atoms with Crippen LogP contribution in [0, 0.1) is 13.8 Å². The number of benzene rings is 12. The van der Waals surface area contributed by atoms with Crippen LogP contribution in [0.1, 0.15) is 11.1 Å². The van der Waals surface area contributed by atoms with Crippen LogP contribution in [0.4, 0.5) is 0 Å². The van der Waals surface area contributed by atoms with Gasteiger partial charge in [-0.25, -0.2) is 0 Å². The molecule has 0 radical (unpaired) electrons. The van der Waals surface area contributed by atoms with Gasteiger partial charge in [0.15, 0.2) is 0 Å². The average molecular weight is 787 g/mol. The van der Waals surface area contributed by atoms with Crippen molar-refractivity contribution in [2.75, 3.05) is 0 Å². The summed E-state index contributed by atoms with van der Waals surface area (Å²) in [7, 11) is 0. The molecule has 0 nitrogen and oxygen atoms in total. The lowest BCUT2D eigenvalue weighted by atomic mass is 9.77. The van der Waals surface area contributed by atoms with Crippen molar-refractivity contribution >= 4 is 64.6 Å². The normalized spacial score (nSPS) is 11.7. The molecule has 62 heavy (non-hydrogen) atoms. The second-order valence-electron chi connectivity index (χ2n) is 16.9. The molecule has 0 atom stereocenters. The van der Waals surface area contributed by atoms with Crippen molar-refractivity contribution in [3.63, 3.8) is 0 Å². The first-order chi connectivity index (χ1) is 30.6. The summed E-state index contributed by atoms with van der Waals surface area (Å²) in [5, 5.41) is 15.3. The fourth-order valence-electron chi connectivity index (χ4n) is 10.4. The van der Waals surface area contributed by atoms with E-state index in [1.165, 1.54) is 131 Å². The monoisotopic (exact) mass is 786 g/mol. The lowest BCUT2D eigenvalue weighted by Gasteiger charge is -2.25. The maximum absolute atomic E-state index is 2.47. The first-order valence-corrected chi connectivity index (χ1v) is 21.7. The number of aryl methyl sites for hydroxylation is 2. The molecule has 0 N–H and O–H groups in total. The molecule has 0 saturated heterocycles. The molecule has 0 bridgehead atoms. The number of rotatable bonds is 5. The SMILES string of the molecule is Cc1ccc2c(c1)c1c(-c3ccccc3)c3c4cc(-c5ccccc5)ccc4c4ccc(-c5ccccc5)cc4c3c(-c3ccccc3)c1c1cc(C)cc(-c3ccccc3)c21. The Balaban J connectivity index is 1.45. The summed E-state index contributed by atoms with van der Waals surface area (Å²) in [6.45, 7) is 4.50. The van der Waals surface area contributed by atoms with E-state index < -0.39 is 0 Å². The summed E-state index contributed by atoms with van der Waals surface area (Å²) < 4.78 is 0. The first kappa shape index (κ1) is 36.1. The van der Waals surface area contributed by atoms with Crippen molar-refractivity contribution in [2.24, 2.45) is 0 Å². The summed E-state index contributed by atoms with van der Waals surface area (Å²) in [6, 6.07) is 81.4. The minimum Gasteiger partial charge on any atom is -0.0622 e. The highest BCUT2D eigenvalue weighted by molar-refractivity contribution is 6.44. The Kier molecular flexibility index (Phi) is 8.40. The standard InChI is InChI=1S/C62H42/c1-39-28-31-50-52(34-39)59-56(44-24-14-6-15-25-44)60-53-37-46(41-18-8-3-9-19-41)29-32-48(53)49-33-30-47(42-20-10-4-11-21-42)38-54(49)61(60)57(45-26-16-7-17-27-45)62(59)55-36-40(2)35-51(58(50)55)43-22-12-5-13-23-43/h3-38H,1-2H3. The second-order valence-corrected chi connectivity index (χ2v) is 16.9. The summed E-state index contributed by atoms with van der Waals surface area (Å²) in [6.07, 6.45) is 0. The van der Waals surface area contributed by atoms with E-state index in [-0.39, 0.29) is 0 Å². The summed E-state index contributed by atoms with van der Waals surface area (Å²) in [5.74, 6) is 0. The van der Waals surface area contributed by atoms with Gasteiger partial charge >= 0.3 is 0 Å². The highest BCUT2D eigenvalue weighted by atomic mass is 14.3. The van der Waals surface area contributed by atoms with Crippen molar-refractivity contribution < 1.29 is 0 Å². The van der Waals surface area contributed by atoms with Gasteiger partial charge < -0.3 is 0 Å². The Morgan fingerprint density at radius 3 is 1.05 bits per heavy atom. The zero-order valence-electron chi connectivity index (χ0n) is 34.8. The third-order valence-electron chi connectivity index (χ3n) is 13.1. The van der Waals surface area contributed by atoms with Crippen molar-refractivity contribution in [1.82, 2.24) is 0 Å². The molecule has 12 rings (SSSR count). The van der Waals surface area contributed by atoms with E-state index in [9.17, 15) is 0 Å². The molecular formula is C62H42. The fraction of sp³-hybridized carbons (Fsp3) is 0.0323. The van der Waals surface area contributed by atoms with Gasteiger partial charge in [0.2, 0.25) is 0 Å².